The molecule has 1 saturated heterocycles. The minimum absolute atomic E-state index is 0.0773. The highest BCUT2D eigenvalue weighted by Gasteiger charge is 2.18. The Balaban J connectivity index is 1.49. The summed E-state index contributed by atoms with van der Waals surface area (Å²) >= 11 is 6.35. The lowest BCUT2D eigenvalue weighted by atomic mass is 10.1. The highest BCUT2D eigenvalue weighted by atomic mass is 35.5. The van der Waals surface area contributed by atoms with Gasteiger partial charge in [0.25, 0.3) is 5.91 Å². The van der Waals surface area contributed by atoms with Crippen molar-refractivity contribution >= 4 is 58.8 Å². The zero-order valence-electron chi connectivity index (χ0n) is 23.3. The molecule has 0 radical (unpaired) electrons. The van der Waals surface area contributed by atoms with E-state index in [1.807, 2.05) is 12.1 Å². The number of amides is 1. The lowest BCUT2D eigenvalue weighted by molar-refractivity contribution is -0.111. The molecule has 1 amide bonds. The smallest absolute Gasteiger partial charge is 0.300 e. The van der Waals surface area contributed by atoms with Crippen molar-refractivity contribution in [3.05, 3.63) is 53.4 Å². The number of carbonyl (C=O) groups excluding carboxylic acids is 1. The number of aromatic nitrogens is 2. The van der Waals surface area contributed by atoms with Crippen LogP contribution in [0.15, 0.2) is 42.6 Å². The van der Waals surface area contributed by atoms with E-state index in [-0.39, 0.29) is 28.2 Å². The molecule has 2 aromatic carbocycles. The maximum absolute atomic E-state index is 14.8. The first-order valence-electron chi connectivity index (χ1n) is 13.2. The van der Waals surface area contributed by atoms with Crippen LogP contribution in [-0.4, -0.2) is 60.8 Å². The number of anilines is 5. The average molecular weight is 599 g/mol. The third-order valence-electron chi connectivity index (χ3n) is 6.47. The highest BCUT2D eigenvalue weighted by Crippen LogP contribution is 2.39. The van der Waals surface area contributed by atoms with Gasteiger partial charge < -0.3 is 30.2 Å². The first kappa shape index (κ1) is 30.3. The zero-order valence-corrected chi connectivity index (χ0v) is 24.9. The fraction of sp³-hybridized carbons (Fsp3) is 0.345. The molecule has 41 heavy (non-hydrogen) atoms. The van der Waals surface area contributed by atoms with Crippen LogP contribution in [0.3, 0.4) is 0 Å². The summed E-state index contributed by atoms with van der Waals surface area (Å²) < 4.78 is 32.9. The van der Waals surface area contributed by atoms with E-state index in [9.17, 15) is 13.8 Å². The van der Waals surface area contributed by atoms with Gasteiger partial charge in [-0.25, -0.2) is 9.37 Å². The van der Waals surface area contributed by atoms with Gasteiger partial charge >= 0.3 is 0 Å². The number of piperidine rings is 1. The molecule has 3 N–H and O–H groups in total. The fourth-order valence-electron chi connectivity index (χ4n) is 4.42. The van der Waals surface area contributed by atoms with Gasteiger partial charge in [-0.2, -0.15) is 4.98 Å². The molecule has 0 unspecified atom stereocenters. The standard InChI is InChI=1S/C29H33ClFN6O3P/c1-40-25-17-21(31)23(33-27(38)13-7-10-16-37-14-8-4-9-15-37)18-24(25)35-29-32-19-20(30)28(36-29)34-22-11-5-6-12-26(22)41(2,3)39/h5-6,11-12,17-19H,4,8-10,14-16H2,1-3H3,(H,33,38)(H2,32,34,35,36). The molecule has 0 spiro atoms. The quantitative estimate of drug-likeness (QED) is 0.209. The van der Waals surface area contributed by atoms with Crippen molar-refractivity contribution in [2.45, 2.75) is 25.7 Å². The SMILES string of the molecule is COc1cc(F)c(NC(=O)C#CCCN2CCCCC2)cc1Nc1ncc(Cl)c(Nc2ccccc2P(C)(C)=O)n1. The molecule has 0 bridgehead atoms. The van der Waals surface area contributed by atoms with Crippen molar-refractivity contribution in [1.29, 1.82) is 0 Å². The summed E-state index contributed by atoms with van der Waals surface area (Å²) in [5.74, 6) is 4.68. The molecule has 2 heterocycles. The summed E-state index contributed by atoms with van der Waals surface area (Å²) in [5, 5.41) is 9.52. The predicted octanol–water partition coefficient (Wildman–Crippen LogP) is 5.83. The van der Waals surface area contributed by atoms with Gasteiger partial charge in [0.2, 0.25) is 5.95 Å². The molecule has 0 atom stereocenters. The van der Waals surface area contributed by atoms with Gasteiger partial charge in [0.15, 0.2) is 11.6 Å². The van der Waals surface area contributed by atoms with Crippen LogP contribution < -0.4 is 26.0 Å². The highest BCUT2D eigenvalue weighted by molar-refractivity contribution is 7.70. The fourth-order valence-corrected chi connectivity index (χ4v) is 5.72. The summed E-state index contributed by atoms with van der Waals surface area (Å²) in [4.78, 5) is 23.4. The predicted molar refractivity (Wildman–Crippen MR) is 163 cm³/mol. The van der Waals surface area contributed by atoms with Crippen LogP contribution in [0.25, 0.3) is 0 Å². The van der Waals surface area contributed by atoms with Crippen LogP contribution in [0.5, 0.6) is 5.75 Å². The van der Waals surface area contributed by atoms with Crippen molar-refractivity contribution in [3.63, 3.8) is 0 Å². The Morgan fingerprint density at radius 3 is 2.61 bits per heavy atom. The molecule has 216 valence electrons. The van der Waals surface area contributed by atoms with E-state index in [2.05, 4.69) is 42.7 Å². The molecular formula is C29H33ClFN6O3P. The van der Waals surface area contributed by atoms with Crippen LogP contribution >= 0.6 is 18.7 Å². The number of methoxy groups -OCH3 is 1. The number of halogens is 2. The van der Waals surface area contributed by atoms with Crippen molar-refractivity contribution in [1.82, 2.24) is 14.9 Å². The molecular weight excluding hydrogens is 566 g/mol. The summed E-state index contributed by atoms with van der Waals surface area (Å²) in [6.45, 7) is 6.29. The molecule has 9 nitrogen and oxygen atoms in total. The monoisotopic (exact) mass is 598 g/mol. The van der Waals surface area contributed by atoms with Gasteiger partial charge in [0.05, 0.1) is 30.4 Å². The van der Waals surface area contributed by atoms with Crippen LogP contribution in [0, 0.1) is 17.7 Å². The number of carbonyl (C=O) groups is 1. The third-order valence-corrected chi connectivity index (χ3v) is 8.30. The Kier molecular flexibility index (Phi) is 10.2. The molecule has 1 aliphatic heterocycles. The maximum atomic E-state index is 14.8. The molecule has 0 aliphatic carbocycles. The van der Waals surface area contributed by atoms with E-state index in [0.717, 1.165) is 25.7 Å². The van der Waals surface area contributed by atoms with Crippen molar-refractivity contribution in [2.24, 2.45) is 0 Å². The molecule has 1 aliphatic rings. The number of hydrogen-bond acceptors (Lipinski definition) is 8. The minimum Gasteiger partial charge on any atom is -0.494 e. The van der Waals surface area contributed by atoms with Crippen LogP contribution in [-0.2, 0) is 9.36 Å². The Hall–Kier alpha value is -3.64. The minimum atomic E-state index is -2.59. The summed E-state index contributed by atoms with van der Waals surface area (Å²) in [7, 11) is -1.19. The van der Waals surface area contributed by atoms with Gasteiger partial charge in [-0.15, -0.1) is 0 Å². The number of para-hydroxylation sites is 1. The number of benzene rings is 2. The normalized spacial score (nSPS) is 13.6. The largest absolute Gasteiger partial charge is 0.494 e. The van der Waals surface area contributed by atoms with Gasteiger partial charge in [0.1, 0.15) is 17.9 Å². The van der Waals surface area contributed by atoms with Gasteiger partial charge in [0, 0.05) is 24.3 Å². The third kappa shape index (κ3) is 8.43. The topological polar surface area (TPSA) is 108 Å². The Morgan fingerprint density at radius 1 is 1.12 bits per heavy atom. The number of nitrogens with one attached hydrogen (secondary N) is 3. The summed E-state index contributed by atoms with van der Waals surface area (Å²) in [5.41, 5.74) is 0.836. The number of likely N-dealkylation sites (tertiary alicyclic amines) is 1. The lowest BCUT2D eigenvalue weighted by Crippen LogP contribution is -2.30. The maximum Gasteiger partial charge on any atom is 0.300 e. The second-order valence-corrected chi connectivity index (χ2v) is 13.5. The molecule has 0 saturated carbocycles. The first-order valence-corrected chi connectivity index (χ1v) is 16.2. The molecule has 1 fully saturated rings. The van der Waals surface area contributed by atoms with Crippen molar-refractivity contribution < 1.29 is 18.5 Å². The summed E-state index contributed by atoms with van der Waals surface area (Å²) in [6.07, 6.45) is 5.60. The van der Waals surface area contributed by atoms with E-state index in [0.29, 0.717) is 23.1 Å². The number of nitrogens with zero attached hydrogens (tertiary/aromatic N) is 3. The van der Waals surface area contributed by atoms with E-state index in [4.69, 9.17) is 16.3 Å². The van der Waals surface area contributed by atoms with Crippen molar-refractivity contribution in [3.8, 4) is 17.6 Å². The van der Waals surface area contributed by atoms with E-state index < -0.39 is 18.9 Å². The zero-order chi connectivity index (χ0) is 29.4. The summed E-state index contributed by atoms with van der Waals surface area (Å²) in [6, 6.07) is 9.73. The molecule has 12 heteroatoms. The van der Waals surface area contributed by atoms with Crippen molar-refractivity contribution in [2.75, 3.05) is 56.0 Å². The average Bonchev–Trinajstić information content (AvgIpc) is 2.95. The van der Waals surface area contributed by atoms with E-state index in [1.165, 1.54) is 38.6 Å². The first-order chi connectivity index (χ1) is 19.6. The molecule has 4 rings (SSSR count). The van der Waals surface area contributed by atoms with Gasteiger partial charge in [-0.1, -0.05) is 36.1 Å². The number of hydrogen-bond donors (Lipinski definition) is 3. The lowest BCUT2D eigenvalue weighted by Gasteiger charge is -2.25. The van der Waals surface area contributed by atoms with Gasteiger partial charge in [-0.3, -0.25) is 4.79 Å². The second-order valence-electron chi connectivity index (χ2n) is 9.95. The van der Waals surface area contributed by atoms with E-state index >= 15 is 0 Å². The number of ether oxygens (including phenoxy) is 1. The van der Waals surface area contributed by atoms with Crippen LogP contribution in [0.4, 0.5) is 33.2 Å². The van der Waals surface area contributed by atoms with E-state index in [1.54, 1.807) is 25.5 Å². The Labute approximate surface area is 244 Å². The molecule has 3 aromatic rings. The Morgan fingerprint density at radius 2 is 1.88 bits per heavy atom. The molecule has 1 aromatic heterocycles. The second kappa shape index (κ2) is 13.8. The van der Waals surface area contributed by atoms with Crippen LogP contribution in [0.1, 0.15) is 25.7 Å². The van der Waals surface area contributed by atoms with Gasteiger partial charge in [-0.05, 0) is 63.4 Å². The Bertz CT molecular complexity index is 1510. The number of rotatable bonds is 9. The van der Waals surface area contributed by atoms with Crippen LogP contribution in [0.2, 0.25) is 5.02 Å².